The lowest BCUT2D eigenvalue weighted by Gasteiger charge is -2.19. The second-order valence-corrected chi connectivity index (χ2v) is 9.43. The van der Waals surface area contributed by atoms with Gasteiger partial charge in [0.15, 0.2) is 5.76 Å². The first kappa shape index (κ1) is 23.7. The van der Waals surface area contributed by atoms with E-state index in [2.05, 4.69) is 10.3 Å². The van der Waals surface area contributed by atoms with Crippen molar-refractivity contribution in [2.45, 2.75) is 44.8 Å². The maximum absolute atomic E-state index is 13.8. The Morgan fingerprint density at radius 3 is 2.52 bits per heavy atom. The zero-order valence-electron chi connectivity index (χ0n) is 17.6. The number of aryl methyl sites for hydroxylation is 1. The summed E-state index contributed by atoms with van der Waals surface area (Å²) in [4.78, 5) is 14.9. The summed E-state index contributed by atoms with van der Waals surface area (Å²) in [6, 6.07) is 2.85. The van der Waals surface area contributed by atoms with Crippen LogP contribution in [-0.4, -0.2) is 38.3 Å². The Morgan fingerprint density at radius 2 is 1.97 bits per heavy atom. The van der Waals surface area contributed by atoms with Crippen LogP contribution in [0.15, 0.2) is 16.7 Å². The van der Waals surface area contributed by atoms with Crippen molar-refractivity contribution in [1.82, 2.24) is 19.8 Å². The fourth-order valence-corrected chi connectivity index (χ4v) is 4.85. The zero-order valence-corrected chi connectivity index (χ0v) is 19.2. The molecule has 0 aliphatic heterocycles. The second-order valence-electron chi connectivity index (χ2n) is 7.78. The van der Waals surface area contributed by atoms with Crippen LogP contribution in [0.4, 0.5) is 22.0 Å². The Kier molecular flexibility index (Phi) is 5.80. The molecule has 13 heteroatoms. The number of carbonyl (C=O) groups is 1. The topological polar surface area (TPSA) is 64.2 Å². The number of halogens is 6. The van der Waals surface area contributed by atoms with Gasteiger partial charge in [0, 0.05) is 32.6 Å². The maximum Gasteiger partial charge on any atom is 0.420 e. The van der Waals surface area contributed by atoms with E-state index in [9.17, 15) is 26.7 Å². The summed E-state index contributed by atoms with van der Waals surface area (Å²) >= 11 is 7.27. The van der Waals surface area contributed by atoms with Crippen LogP contribution in [0.3, 0.4) is 0 Å². The molecule has 33 heavy (non-hydrogen) atoms. The van der Waals surface area contributed by atoms with Crippen molar-refractivity contribution in [1.29, 1.82) is 0 Å². The highest BCUT2D eigenvalue weighted by atomic mass is 35.5. The molecule has 3 aromatic heterocycles. The number of aromatic nitrogens is 3. The fraction of sp³-hybridized carbons (Fsp3) is 0.450. The van der Waals surface area contributed by atoms with Crippen molar-refractivity contribution in [3.8, 4) is 22.0 Å². The third-order valence-electron chi connectivity index (χ3n) is 5.25. The monoisotopic (exact) mass is 508 g/mol. The van der Waals surface area contributed by atoms with Gasteiger partial charge in [-0.1, -0.05) is 16.8 Å². The largest absolute Gasteiger partial charge is 0.420 e. The molecule has 0 unspecified atom stereocenters. The van der Waals surface area contributed by atoms with E-state index in [1.807, 2.05) is 6.92 Å². The van der Waals surface area contributed by atoms with Crippen LogP contribution in [0.2, 0.25) is 4.34 Å². The SMILES string of the molecule is CCN(C(=O)c1cc(-c2cc(-c3c(C(F)(F)F)c(C(C)(F)F)nn3C)no2)sc1Cl)C1CC1. The van der Waals surface area contributed by atoms with Gasteiger partial charge in [-0.15, -0.1) is 11.3 Å². The molecule has 1 fully saturated rings. The molecule has 3 heterocycles. The minimum Gasteiger partial charge on any atom is -0.355 e. The molecular formula is C20H18ClF5N4O2S. The highest BCUT2D eigenvalue weighted by Gasteiger charge is 2.47. The molecule has 178 valence electrons. The highest BCUT2D eigenvalue weighted by Crippen LogP contribution is 2.45. The minimum atomic E-state index is -5.10. The molecule has 0 atom stereocenters. The predicted octanol–water partition coefficient (Wildman–Crippen LogP) is 6.21. The molecule has 0 N–H and O–H groups in total. The first-order valence-corrected chi connectivity index (χ1v) is 11.1. The molecule has 1 saturated carbocycles. The smallest absolute Gasteiger partial charge is 0.355 e. The van der Waals surface area contributed by atoms with Gasteiger partial charge >= 0.3 is 6.18 Å². The van der Waals surface area contributed by atoms with E-state index in [-0.39, 0.29) is 33.3 Å². The third-order valence-corrected chi connectivity index (χ3v) is 6.62. The summed E-state index contributed by atoms with van der Waals surface area (Å²) in [5, 5.41) is 7.05. The summed E-state index contributed by atoms with van der Waals surface area (Å²) in [6.07, 6.45) is -3.26. The summed E-state index contributed by atoms with van der Waals surface area (Å²) in [5.74, 6) is -4.02. The second kappa shape index (κ2) is 8.08. The lowest BCUT2D eigenvalue weighted by Crippen LogP contribution is -2.32. The summed E-state index contributed by atoms with van der Waals surface area (Å²) in [7, 11) is 1.12. The van der Waals surface area contributed by atoms with Crippen LogP contribution in [-0.2, 0) is 19.1 Å². The zero-order chi connectivity index (χ0) is 24.3. The van der Waals surface area contributed by atoms with E-state index in [0.717, 1.165) is 31.2 Å². The van der Waals surface area contributed by atoms with E-state index >= 15 is 0 Å². The highest BCUT2D eigenvalue weighted by molar-refractivity contribution is 7.19. The number of alkyl halides is 5. The van der Waals surface area contributed by atoms with Gasteiger partial charge in [0.1, 0.15) is 27.0 Å². The lowest BCUT2D eigenvalue weighted by molar-refractivity contribution is -0.141. The number of carbonyl (C=O) groups excluding carboxylic acids is 1. The van der Waals surface area contributed by atoms with Crippen molar-refractivity contribution in [3.05, 3.63) is 33.3 Å². The molecule has 1 amide bonds. The molecule has 1 aliphatic rings. The molecular weight excluding hydrogens is 491 g/mol. The number of hydrogen-bond donors (Lipinski definition) is 0. The van der Waals surface area contributed by atoms with Gasteiger partial charge in [-0.25, -0.2) is 0 Å². The first-order valence-electron chi connectivity index (χ1n) is 9.93. The average molecular weight is 509 g/mol. The van der Waals surface area contributed by atoms with Gasteiger partial charge < -0.3 is 9.42 Å². The van der Waals surface area contributed by atoms with Crippen LogP contribution in [0.5, 0.6) is 0 Å². The first-order chi connectivity index (χ1) is 15.3. The molecule has 0 aromatic carbocycles. The van der Waals surface area contributed by atoms with Gasteiger partial charge in [0.25, 0.3) is 11.8 Å². The molecule has 4 rings (SSSR count). The summed E-state index contributed by atoms with van der Waals surface area (Å²) in [5.41, 5.74) is -3.70. The molecule has 6 nitrogen and oxygen atoms in total. The summed E-state index contributed by atoms with van der Waals surface area (Å²) in [6.45, 7) is 2.72. The van der Waals surface area contributed by atoms with Crippen molar-refractivity contribution in [2.75, 3.05) is 6.54 Å². The maximum atomic E-state index is 13.8. The van der Waals surface area contributed by atoms with E-state index in [1.165, 1.54) is 12.1 Å². The van der Waals surface area contributed by atoms with E-state index < -0.39 is 29.1 Å². The summed E-state index contributed by atoms with van der Waals surface area (Å²) < 4.78 is 74.8. The average Bonchev–Trinajstić information content (AvgIpc) is 3.10. The molecule has 0 saturated heterocycles. The van der Waals surface area contributed by atoms with Crippen LogP contribution in [0.1, 0.15) is 48.3 Å². The minimum absolute atomic E-state index is 0.0459. The molecule has 0 radical (unpaired) electrons. The fourth-order valence-electron chi connectivity index (χ4n) is 3.64. The molecule has 0 spiro atoms. The number of amides is 1. The number of hydrogen-bond acceptors (Lipinski definition) is 5. The van der Waals surface area contributed by atoms with Gasteiger partial charge in [-0.3, -0.25) is 9.48 Å². The van der Waals surface area contributed by atoms with E-state index in [0.29, 0.717) is 23.0 Å². The number of nitrogens with zero attached hydrogens (tertiary/aromatic N) is 4. The number of rotatable bonds is 6. The van der Waals surface area contributed by atoms with Crippen LogP contribution in [0.25, 0.3) is 22.0 Å². The molecule has 0 bridgehead atoms. The van der Waals surface area contributed by atoms with E-state index in [1.54, 1.807) is 4.90 Å². The Labute approximate surface area is 193 Å². The van der Waals surface area contributed by atoms with Gasteiger partial charge in [0.2, 0.25) is 0 Å². The van der Waals surface area contributed by atoms with Crippen molar-refractivity contribution < 1.29 is 31.3 Å². The van der Waals surface area contributed by atoms with Crippen LogP contribution in [0, 0.1) is 0 Å². The quantitative estimate of drug-likeness (QED) is 0.371. The van der Waals surface area contributed by atoms with Crippen molar-refractivity contribution in [3.63, 3.8) is 0 Å². The van der Waals surface area contributed by atoms with E-state index in [4.69, 9.17) is 16.1 Å². The Morgan fingerprint density at radius 1 is 1.30 bits per heavy atom. The molecule has 1 aliphatic carbocycles. The lowest BCUT2D eigenvalue weighted by atomic mass is 10.1. The van der Waals surface area contributed by atoms with Crippen LogP contribution < -0.4 is 0 Å². The standard InChI is InChI=1S/C20H18ClF5N4O2S/c1-4-30(9-5-6-9)18(31)10-7-13(33-17(10)21)12-8-11(28-32-12)15-14(20(24,25)26)16(19(2,22)23)27-29(15)3/h7-9H,4-6H2,1-3H3. The Bertz CT molecular complexity index is 1210. The molecule has 3 aromatic rings. The Hall–Kier alpha value is -2.47. The van der Waals surface area contributed by atoms with Crippen molar-refractivity contribution in [2.24, 2.45) is 7.05 Å². The number of thiophene rings is 1. The predicted molar refractivity (Wildman–Crippen MR) is 111 cm³/mol. The van der Waals surface area contributed by atoms with Crippen molar-refractivity contribution >= 4 is 28.8 Å². The third kappa shape index (κ3) is 4.37. The van der Waals surface area contributed by atoms with Gasteiger partial charge in [0.05, 0.1) is 10.4 Å². The van der Waals surface area contributed by atoms with Gasteiger partial charge in [-0.2, -0.15) is 27.1 Å². The van der Waals surface area contributed by atoms with Crippen LogP contribution >= 0.6 is 22.9 Å². The van der Waals surface area contributed by atoms with Gasteiger partial charge in [-0.05, 0) is 25.8 Å². The Balaban J connectivity index is 1.73. The normalized spacial score (nSPS) is 14.7.